The van der Waals surface area contributed by atoms with Gasteiger partial charge in [-0.05, 0) is 44.4 Å². The number of hydrogen-bond donors (Lipinski definition) is 3. The van der Waals surface area contributed by atoms with Gasteiger partial charge in [-0.1, -0.05) is 18.2 Å². The van der Waals surface area contributed by atoms with Gasteiger partial charge in [0.15, 0.2) is 0 Å². The van der Waals surface area contributed by atoms with E-state index in [2.05, 4.69) is 27.8 Å². The van der Waals surface area contributed by atoms with E-state index in [-0.39, 0.29) is 11.4 Å². The van der Waals surface area contributed by atoms with E-state index in [0.29, 0.717) is 6.54 Å². The van der Waals surface area contributed by atoms with Crippen LogP contribution in [-0.2, 0) is 11.2 Å². The molecule has 20 heavy (non-hydrogen) atoms. The SMILES string of the molecule is CC1(C(=O)NCCc2c[nH]c3ccccc23)CCCN1. The Kier molecular flexibility index (Phi) is 3.49. The first-order valence-corrected chi connectivity index (χ1v) is 7.27. The molecule has 4 nitrogen and oxygen atoms in total. The molecule has 106 valence electrons. The van der Waals surface area contributed by atoms with E-state index in [1.54, 1.807) is 0 Å². The number of carbonyl (C=O) groups excluding carboxylic acids is 1. The summed E-state index contributed by atoms with van der Waals surface area (Å²) in [6.45, 7) is 3.60. The van der Waals surface area contributed by atoms with Crippen molar-refractivity contribution in [2.75, 3.05) is 13.1 Å². The first-order valence-electron chi connectivity index (χ1n) is 7.27. The van der Waals surface area contributed by atoms with Crippen LogP contribution in [-0.4, -0.2) is 29.5 Å². The number of benzene rings is 1. The van der Waals surface area contributed by atoms with Crippen LogP contribution in [0.2, 0.25) is 0 Å². The number of aromatic amines is 1. The summed E-state index contributed by atoms with van der Waals surface area (Å²) in [4.78, 5) is 15.4. The van der Waals surface area contributed by atoms with E-state index in [0.717, 1.165) is 31.3 Å². The summed E-state index contributed by atoms with van der Waals surface area (Å²) in [5, 5.41) is 7.58. The number of amides is 1. The molecule has 1 amide bonds. The average Bonchev–Trinajstić information content (AvgIpc) is 3.07. The van der Waals surface area contributed by atoms with Gasteiger partial charge in [0.25, 0.3) is 0 Å². The molecule has 0 spiro atoms. The Morgan fingerprint density at radius 3 is 3.05 bits per heavy atom. The minimum absolute atomic E-state index is 0.120. The lowest BCUT2D eigenvalue weighted by atomic mass is 9.99. The van der Waals surface area contributed by atoms with Crippen molar-refractivity contribution in [1.29, 1.82) is 0 Å². The van der Waals surface area contributed by atoms with Gasteiger partial charge < -0.3 is 15.6 Å². The molecular weight excluding hydrogens is 250 g/mol. The van der Waals surface area contributed by atoms with E-state index < -0.39 is 0 Å². The van der Waals surface area contributed by atoms with Crippen LogP contribution in [0, 0.1) is 0 Å². The third-order valence-electron chi connectivity index (χ3n) is 4.22. The maximum atomic E-state index is 12.2. The Morgan fingerprint density at radius 2 is 2.25 bits per heavy atom. The van der Waals surface area contributed by atoms with E-state index in [1.165, 1.54) is 10.9 Å². The third-order valence-corrected chi connectivity index (χ3v) is 4.22. The van der Waals surface area contributed by atoms with Crippen LogP contribution in [0.4, 0.5) is 0 Å². The zero-order valence-electron chi connectivity index (χ0n) is 11.8. The van der Waals surface area contributed by atoms with Gasteiger partial charge in [-0.25, -0.2) is 0 Å². The van der Waals surface area contributed by atoms with Crippen LogP contribution in [0.5, 0.6) is 0 Å². The molecule has 1 saturated heterocycles. The highest BCUT2D eigenvalue weighted by Gasteiger charge is 2.35. The summed E-state index contributed by atoms with van der Waals surface area (Å²) in [5.41, 5.74) is 2.03. The molecule has 1 aromatic heterocycles. The van der Waals surface area contributed by atoms with E-state index in [9.17, 15) is 4.79 Å². The molecule has 2 aromatic rings. The Labute approximate surface area is 118 Å². The molecule has 1 unspecified atom stereocenters. The lowest BCUT2D eigenvalue weighted by Crippen LogP contribution is -2.51. The number of aromatic nitrogens is 1. The van der Waals surface area contributed by atoms with E-state index in [1.807, 2.05) is 25.3 Å². The largest absolute Gasteiger partial charge is 0.361 e. The smallest absolute Gasteiger partial charge is 0.240 e. The predicted molar refractivity (Wildman–Crippen MR) is 80.7 cm³/mol. The van der Waals surface area contributed by atoms with Crippen molar-refractivity contribution in [1.82, 2.24) is 15.6 Å². The summed E-state index contributed by atoms with van der Waals surface area (Å²) in [7, 11) is 0. The highest BCUT2D eigenvalue weighted by molar-refractivity contribution is 5.86. The fraction of sp³-hybridized carbons (Fsp3) is 0.438. The first kappa shape index (κ1) is 13.2. The van der Waals surface area contributed by atoms with Crippen molar-refractivity contribution in [2.24, 2.45) is 0 Å². The molecule has 1 aliphatic heterocycles. The molecule has 1 aliphatic rings. The molecular formula is C16H21N3O. The van der Waals surface area contributed by atoms with Gasteiger partial charge in [0.1, 0.15) is 0 Å². The van der Waals surface area contributed by atoms with Gasteiger partial charge in [0.2, 0.25) is 5.91 Å². The lowest BCUT2D eigenvalue weighted by molar-refractivity contribution is -0.126. The van der Waals surface area contributed by atoms with Crippen LogP contribution in [0.3, 0.4) is 0 Å². The van der Waals surface area contributed by atoms with Crippen molar-refractivity contribution in [3.8, 4) is 0 Å². The van der Waals surface area contributed by atoms with E-state index >= 15 is 0 Å². The van der Waals surface area contributed by atoms with Gasteiger partial charge in [0, 0.05) is 23.6 Å². The number of hydrogen-bond acceptors (Lipinski definition) is 2. The molecule has 0 radical (unpaired) electrons. The number of rotatable bonds is 4. The summed E-state index contributed by atoms with van der Waals surface area (Å²) >= 11 is 0. The lowest BCUT2D eigenvalue weighted by Gasteiger charge is -2.22. The molecule has 1 fully saturated rings. The van der Waals surface area contributed by atoms with Gasteiger partial charge in [-0.3, -0.25) is 4.79 Å². The fourth-order valence-electron chi connectivity index (χ4n) is 2.93. The highest BCUT2D eigenvalue weighted by atomic mass is 16.2. The van der Waals surface area contributed by atoms with Crippen LogP contribution >= 0.6 is 0 Å². The minimum atomic E-state index is -0.375. The van der Waals surface area contributed by atoms with Crippen molar-refractivity contribution in [3.63, 3.8) is 0 Å². The maximum absolute atomic E-state index is 12.2. The zero-order chi connectivity index (χ0) is 14.0. The van der Waals surface area contributed by atoms with Gasteiger partial charge >= 0.3 is 0 Å². The highest BCUT2D eigenvalue weighted by Crippen LogP contribution is 2.19. The second-order valence-corrected chi connectivity index (χ2v) is 5.73. The summed E-state index contributed by atoms with van der Waals surface area (Å²) in [6, 6.07) is 8.25. The molecule has 4 heteroatoms. The molecule has 1 aromatic carbocycles. The normalized spacial score (nSPS) is 22.2. The minimum Gasteiger partial charge on any atom is -0.361 e. The van der Waals surface area contributed by atoms with Crippen LogP contribution in [0.1, 0.15) is 25.3 Å². The standard InChI is InChI=1S/C16H21N3O/c1-16(8-4-9-19-16)15(20)17-10-7-12-11-18-14-6-3-2-5-13(12)14/h2-3,5-6,11,18-19H,4,7-10H2,1H3,(H,17,20). The van der Waals surface area contributed by atoms with E-state index in [4.69, 9.17) is 0 Å². The number of carbonyl (C=O) groups is 1. The molecule has 3 N–H and O–H groups in total. The second-order valence-electron chi connectivity index (χ2n) is 5.73. The van der Waals surface area contributed by atoms with Crippen LogP contribution < -0.4 is 10.6 Å². The maximum Gasteiger partial charge on any atom is 0.240 e. The summed E-state index contributed by atoms with van der Waals surface area (Å²) in [6.07, 6.45) is 4.89. The monoisotopic (exact) mass is 271 g/mol. The molecule has 1 atom stereocenters. The van der Waals surface area contributed by atoms with Crippen molar-refractivity contribution in [2.45, 2.75) is 31.7 Å². The predicted octanol–water partition coefficient (Wildman–Crippen LogP) is 1.97. The summed E-state index contributed by atoms with van der Waals surface area (Å²) < 4.78 is 0. The topological polar surface area (TPSA) is 56.9 Å². The number of fused-ring (bicyclic) bond motifs is 1. The third kappa shape index (κ3) is 2.43. The fourth-order valence-corrected chi connectivity index (χ4v) is 2.93. The number of nitrogens with one attached hydrogen (secondary N) is 3. The number of para-hydroxylation sites is 1. The first-order chi connectivity index (χ1) is 9.69. The quantitative estimate of drug-likeness (QED) is 0.796. The summed E-state index contributed by atoms with van der Waals surface area (Å²) in [5.74, 6) is 0.120. The Hall–Kier alpha value is -1.81. The van der Waals surface area contributed by atoms with Gasteiger partial charge in [-0.2, -0.15) is 0 Å². The number of H-pyrrole nitrogens is 1. The Bertz CT molecular complexity index is 611. The second kappa shape index (κ2) is 5.29. The van der Waals surface area contributed by atoms with Crippen LogP contribution in [0.15, 0.2) is 30.5 Å². The molecule has 0 saturated carbocycles. The molecule has 0 aliphatic carbocycles. The Balaban J connectivity index is 1.59. The van der Waals surface area contributed by atoms with Crippen molar-refractivity contribution in [3.05, 3.63) is 36.0 Å². The average molecular weight is 271 g/mol. The van der Waals surface area contributed by atoms with Crippen molar-refractivity contribution < 1.29 is 4.79 Å². The zero-order valence-corrected chi connectivity index (χ0v) is 11.8. The van der Waals surface area contributed by atoms with Gasteiger partial charge in [0.05, 0.1) is 5.54 Å². The Morgan fingerprint density at radius 1 is 1.40 bits per heavy atom. The molecule has 2 heterocycles. The van der Waals surface area contributed by atoms with Crippen LogP contribution in [0.25, 0.3) is 10.9 Å². The van der Waals surface area contributed by atoms with Crippen molar-refractivity contribution >= 4 is 16.8 Å². The molecule has 0 bridgehead atoms. The van der Waals surface area contributed by atoms with Gasteiger partial charge in [-0.15, -0.1) is 0 Å². The molecule has 3 rings (SSSR count).